The van der Waals surface area contributed by atoms with Crippen molar-refractivity contribution in [3.8, 4) is 0 Å². The van der Waals surface area contributed by atoms with Crippen molar-refractivity contribution in [2.45, 2.75) is 43.0 Å². The minimum absolute atomic E-state index is 0.0633. The van der Waals surface area contributed by atoms with Crippen LogP contribution in [-0.4, -0.2) is 36.1 Å². The van der Waals surface area contributed by atoms with E-state index in [1.54, 1.807) is 29.2 Å². The van der Waals surface area contributed by atoms with E-state index in [1.807, 2.05) is 24.3 Å². The fourth-order valence-corrected chi connectivity index (χ4v) is 6.54. The highest BCUT2D eigenvalue weighted by molar-refractivity contribution is 8.02. The third-order valence-corrected chi connectivity index (χ3v) is 8.02. The fraction of sp³-hybridized carbons (Fsp3) is 0.375. The number of fused-ring (bicyclic) bond motifs is 2. The number of para-hydroxylation sites is 1. The first-order chi connectivity index (χ1) is 15.5. The van der Waals surface area contributed by atoms with Gasteiger partial charge in [0.2, 0.25) is 16.7 Å². The minimum Gasteiger partial charge on any atom is -0.352 e. The Kier molecular flexibility index (Phi) is 5.63. The topological polar surface area (TPSA) is 69.7 Å². The predicted molar refractivity (Wildman–Crippen MR) is 127 cm³/mol. The number of amides is 3. The number of thioether (sulfide) groups is 1. The van der Waals surface area contributed by atoms with E-state index in [1.165, 1.54) is 23.1 Å². The molecular weight excluding hydrogens is 446 g/mol. The molecule has 8 heteroatoms. The number of rotatable bonds is 4. The van der Waals surface area contributed by atoms with E-state index in [-0.39, 0.29) is 36.1 Å². The van der Waals surface area contributed by atoms with Crippen LogP contribution >= 0.6 is 23.4 Å². The molecule has 6 nitrogen and oxygen atoms in total. The molecule has 1 N–H and O–H groups in total. The van der Waals surface area contributed by atoms with Crippen LogP contribution in [0.3, 0.4) is 0 Å². The zero-order valence-corrected chi connectivity index (χ0v) is 19.1. The second-order valence-corrected chi connectivity index (χ2v) is 10.1. The second kappa shape index (κ2) is 8.45. The molecule has 1 aliphatic carbocycles. The van der Waals surface area contributed by atoms with Gasteiger partial charge < -0.3 is 5.32 Å². The molecule has 0 bridgehead atoms. The smallest absolute Gasteiger partial charge is 0.269 e. The lowest BCUT2D eigenvalue weighted by atomic mass is 9.95. The average Bonchev–Trinajstić information content (AvgIpc) is 3.25. The molecule has 2 fully saturated rings. The summed E-state index contributed by atoms with van der Waals surface area (Å²) in [5, 5.41) is 3.59. The third-order valence-electron chi connectivity index (χ3n) is 6.40. The summed E-state index contributed by atoms with van der Waals surface area (Å²) in [5.41, 5.74) is 1.97. The molecule has 2 heterocycles. The maximum atomic E-state index is 13.9. The number of hydrogen-bond acceptors (Lipinski definition) is 4. The number of carbonyl (C=O) groups is 3. The average molecular weight is 470 g/mol. The summed E-state index contributed by atoms with van der Waals surface area (Å²) >= 11 is 7.50. The largest absolute Gasteiger partial charge is 0.352 e. The van der Waals surface area contributed by atoms with Gasteiger partial charge in [-0.25, -0.2) is 0 Å². The van der Waals surface area contributed by atoms with Crippen molar-refractivity contribution < 1.29 is 14.4 Å². The van der Waals surface area contributed by atoms with Crippen LogP contribution in [0.25, 0.3) is 0 Å². The molecule has 2 aliphatic heterocycles. The van der Waals surface area contributed by atoms with E-state index >= 15 is 0 Å². The van der Waals surface area contributed by atoms with E-state index in [2.05, 4.69) is 5.32 Å². The van der Waals surface area contributed by atoms with Gasteiger partial charge in [0.25, 0.3) is 5.91 Å². The minimum atomic E-state index is -1.23. The van der Waals surface area contributed by atoms with Crippen molar-refractivity contribution in [1.29, 1.82) is 0 Å². The van der Waals surface area contributed by atoms with Crippen LogP contribution < -0.4 is 15.1 Å². The monoisotopic (exact) mass is 469 g/mol. The Labute approximate surface area is 196 Å². The van der Waals surface area contributed by atoms with E-state index in [4.69, 9.17) is 11.6 Å². The van der Waals surface area contributed by atoms with Crippen LogP contribution in [0.2, 0.25) is 5.02 Å². The van der Waals surface area contributed by atoms with Gasteiger partial charge in [-0.3, -0.25) is 24.2 Å². The number of nitrogens with one attached hydrogen (secondary N) is 1. The SMILES string of the molecule is O=C(CN1C(=O)[C@@]2(SCC(=O)N2c2cccc(Cl)c2)c2ccccc21)NC1CCCCC1. The Hall–Kier alpha value is -2.51. The van der Waals surface area contributed by atoms with E-state index in [9.17, 15) is 14.4 Å². The number of hydrogen-bond donors (Lipinski definition) is 1. The Morgan fingerprint density at radius 3 is 2.66 bits per heavy atom. The van der Waals surface area contributed by atoms with Crippen LogP contribution in [0.1, 0.15) is 37.7 Å². The van der Waals surface area contributed by atoms with Crippen LogP contribution in [-0.2, 0) is 19.3 Å². The Bertz CT molecular complexity index is 1090. The summed E-state index contributed by atoms with van der Waals surface area (Å²) in [6.07, 6.45) is 5.40. The Morgan fingerprint density at radius 1 is 1.09 bits per heavy atom. The molecule has 166 valence electrons. The lowest BCUT2D eigenvalue weighted by molar-refractivity contribution is -0.126. The summed E-state index contributed by atoms with van der Waals surface area (Å²) in [6, 6.07) is 14.6. The summed E-state index contributed by atoms with van der Waals surface area (Å²) < 4.78 is 0. The summed E-state index contributed by atoms with van der Waals surface area (Å²) in [4.78, 5) is 41.6. The van der Waals surface area contributed by atoms with Gasteiger partial charge in [0.1, 0.15) is 6.54 Å². The van der Waals surface area contributed by atoms with Gasteiger partial charge in [-0.15, -0.1) is 11.8 Å². The molecule has 5 rings (SSSR count). The maximum absolute atomic E-state index is 13.9. The molecule has 0 unspecified atom stereocenters. The molecule has 1 saturated carbocycles. The molecule has 2 aromatic rings. The van der Waals surface area contributed by atoms with Crippen molar-refractivity contribution in [3.63, 3.8) is 0 Å². The second-order valence-electron chi connectivity index (χ2n) is 8.45. The lowest BCUT2D eigenvalue weighted by Crippen LogP contribution is -2.52. The first-order valence-corrected chi connectivity index (χ1v) is 12.3. The van der Waals surface area contributed by atoms with Gasteiger partial charge >= 0.3 is 0 Å². The van der Waals surface area contributed by atoms with Gasteiger partial charge in [-0.2, -0.15) is 0 Å². The zero-order valence-electron chi connectivity index (χ0n) is 17.6. The van der Waals surface area contributed by atoms with Gasteiger partial charge in [0.05, 0.1) is 11.4 Å². The molecule has 0 aromatic heterocycles. The maximum Gasteiger partial charge on any atom is 0.269 e. The van der Waals surface area contributed by atoms with Gasteiger partial charge in [0.15, 0.2) is 0 Å². The van der Waals surface area contributed by atoms with Gasteiger partial charge in [0, 0.05) is 22.3 Å². The highest BCUT2D eigenvalue weighted by Crippen LogP contribution is 2.55. The number of halogens is 1. The van der Waals surface area contributed by atoms with Gasteiger partial charge in [-0.05, 0) is 37.1 Å². The normalized spacial score (nSPS) is 23.2. The van der Waals surface area contributed by atoms with Crippen molar-refractivity contribution in [2.24, 2.45) is 0 Å². The summed E-state index contributed by atoms with van der Waals surface area (Å²) in [7, 11) is 0. The molecule has 2 aromatic carbocycles. The highest BCUT2D eigenvalue weighted by atomic mass is 35.5. The molecular formula is C24H24ClN3O3S. The molecule has 1 spiro atoms. The van der Waals surface area contributed by atoms with Crippen LogP contribution in [0.4, 0.5) is 11.4 Å². The summed E-state index contributed by atoms with van der Waals surface area (Å²) in [6.45, 7) is -0.0633. The van der Waals surface area contributed by atoms with E-state index in [0.29, 0.717) is 16.4 Å². The standard InChI is InChI=1S/C24H24ClN3O3S/c25-16-7-6-10-18(13-16)28-22(30)15-32-24(28)19-11-4-5-12-20(19)27(23(24)31)14-21(29)26-17-8-2-1-3-9-17/h4-7,10-13,17H,1-3,8-9,14-15H2,(H,26,29)/t24-/m0/s1. The zero-order chi connectivity index (χ0) is 22.3. The third kappa shape index (κ3) is 3.48. The lowest BCUT2D eigenvalue weighted by Gasteiger charge is -2.33. The van der Waals surface area contributed by atoms with Crippen LogP contribution in [0.5, 0.6) is 0 Å². The van der Waals surface area contributed by atoms with Crippen molar-refractivity contribution >= 4 is 52.5 Å². The molecule has 0 radical (unpaired) electrons. The van der Waals surface area contributed by atoms with E-state index in [0.717, 1.165) is 31.2 Å². The van der Waals surface area contributed by atoms with Gasteiger partial charge in [-0.1, -0.05) is 55.1 Å². The first-order valence-electron chi connectivity index (χ1n) is 10.9. The van der Waals surface area contributed by atoms with Crippen molar-refractivity contribution in [1.82, 2.24) is 5.32 Å². The summed E-state index contributed by atoms with van der Waals surface area (Å²) in [5.74, 6) is -0.419. The Balaban J connectivity index is 1.49. The van der Waals surface area contributed by atoms with Crippen LogP contribution in [0.15, 0.2) is 48.5 Å². The Morgan fingerprint density at radius 2 is 1.88 bits per heavy atom. The van der Waals surface area contributed by atoms with E-state index < -0.39 is 4.87 Å². The van der Waals surface area contributed by atoms with Crippen molar-refractivity contribution in [2.75, 3.05) is 22.1 Å². The number of benzene rings is 2. The number of nitrogens with zero attached hydrogens (tertiary/aromatic N) is 2. The molecule has 3 amide bonds. The molecule has 32 heavy (non-hydrogen) atoms. The fourth-order valence-electron chi connectivity index (χ4n) is 4.99. The quantitative estimate of drug-likeness (QED) is 0.732. The first kappa shape index (κ1) is 21.3. The molecule has 3 aliphatic rings. The number of carbonyl (C=O) groups excluding carboxylic acids is 3. The molecule has 1 saturated heterocycles. The highest BCUT2D eigenvalue weighted by Gasteiger charge is 2.61. The number of anilines is 2. The van der Waals surface area contributed by atoms with Crippen LogP contribution in [0, 0.1) is 0 Å². The predicted octanol–water partition coefficient (Wildman–Crippen LogP) is 4.07. The molecule has 1 atom stereocenters. The van der Waals surface area contributed by atoms with Crippen molar-refractivity contribution in [3.05, 3.63) is 59.1 Å².